The van der Waals surface area contributed by atoms with Crippen molar-refractivity contribution in [1.82, 2.24) is 0 Å². The number of unbranched alkanes of at least 4 members (excludes halogenated alkanes) is 5. The van der Waals surface area contributed by atoms with Crippen molar-refractivity contribution in [1.29, 1.82) is 0 Å². The molecular formula is C28H42FNOS. The van der Waals surface area contributed by atoms with Gasteiger partial charge in [-0.15, -0.1) is 0 Å². The van der Waals surface area contributed by atoms with Crippen LogP contribution in [-0.2, 0) is 0 Å². The van der Waals surface area contributed by atoms with Crippen LogP contribution in [0.3, 0.4) is 0 Å². The van der Waals surface area contributed by atoms with Gasteiger partial charge in [-0.2, -0.15) is 4.99 Å². The van der Waals surface area contributed by atoms with Crippen LogP contribution in [0.4, 0.5) is 10.1 Å². The van der Waals surface area contributed by atoms with E-state index < -0.39 is 5.82 Å². The lowest BCUT2D eigenvalue weighted by Crippen LogP contribution is -2.25. The minimum Gasteiger partial charge on any atom is -0.493 e. The number of thiocarbonyl (C=S) groups is 1. The molecule has 0 aliphatic heterocycles. The number of halogens is 1. The first-order valence-corrected chi connectivity index (χ1v) is 13.5. The molecule has 3 rings (SSSR count). The molecule has 0 unspecified atom stereocenters. The molecule has 1 aromatic rings. The monoisotopic (exact) mass is 459 g/mol. The first-order valence-electron chi connectivity index (χ1n) is 13.1. The van der Waals surface area contributed by atoms with Crippen molar-refractivity contribution in [3.05, 3.63) is 23.5 Å². The molecule has 2 saturated carbocycles. The van der Waals surface area contributed by atoms with Gasteiger partial charge in [0.15, 0.2) is 11.6 Å². The fourth-order valence-electron chi connectivity index (χ4n) is 6.29. The average Bonchev–Trinajstić information content (AvgIpc) is 2.83. The maximum atomic E-state index is 14.7. The molecule has 2 aliphatic rings. The van der Waals surface area contributed by atoms with Gasteiger partial charge in [0.1, 0.15) is 5.69 Å². The standard InChI is InChI=1S/C28H42FNOS/c1-3-4-5-6-7-8-9-21-10-12-22(13-11-21)23-14-16-24(17-15-23)25-18-19-26(30-20-32)27(29)28(25)31-2/h18-19,21-24H,3-17H2,1-2H3/t21-,22-,23-,24-. The van der Waals surface area contributed by atoms with Crippen molar-refractivity contribution in [3.63, 3.8) is 0 Å². The molecule has 4 heteroatoms. The van der Waals surface area contributed by atoms with Gasteiger partial charge in [0.2, 0.25) is 0 Å². The van der Waals surface area contributed by atoms with E-state index in [1.165, 1.54) is 83.5 Å². The van der Waals surface area contributed by atoms with E-state index in [0.29, 0.717) is 11.7 Å². The first kappa shape index (κ1) is 25.4. The van der Waals surface area contributed by atoms with E-state index in [0.717, 1.165) is 36.2 Å². The van der Waals surface area contributed by atoms with Crippen LogP contribution in [0.2, 0.25) is 0 Å². The number of hydrogen-bond donors (Lipinski definition) is 0. The molecule has 0 atom stereocenters. The Morgan fingerprint density at radius 3 is 2.19 bits per heavy atom. The van der Waals surface area contributed by atoms with E-state index in [1.807, 2.05) is 6.07 Å². The SMILES string of the molecule is CCCCCCCC[C@H]1CC[C@H]([C@H]2CC[C@H](c3ccc(N=C=S)c(F)c3OC)CC2)CC1. The normalized spacial score (nSPS) is 25.8. The third-order valence-electron chi connectivity index (χ3n) is 8.21. The molecule has 2 aliphatic carbocycles. The number of hydrogen-bond acceptors (Lipinski definition) is 3. The summed E-state index contributed by atoms with van der Waals surface area (Å²) in [6.07, 6.45) is 20.5. The number of nitrogens with zero attached hydrogens (tertiary/aromatic N) is 1. The Hall–Kier alpha value is -1.25. The Bertz CT molecular complexity index is 744. The van der Waals surface area contributed by atoms with Crippen LogP contribution in [0.25, 0.3) is 0 Å². The number of rotatable bonds is 11. The van der Waals surface area contributed by atoms with Crippen molar-refractivity contribution < 1.29 is 9.13 Å². The molecule has 0 bridgehead atoms. The topological polar surface area (TPSA) is 21.6 Å². The quantitative estimate of drug-likeness (QED) is 0.187. The van der Waals surface area contributed by atoms with Gasteiger partial charge in [-0.1, -0.05) is 70.8 Å². The zero-order valence-electron chi connectivity index (χ0n) is 20.2. The van der Waals surface area contributed by atoms with Crippen molar-refractivity contribution >= 4 is 23.1 Å². The molecule has 178 valence electrons. The van der Waals surface area contributed by atoms with E-state index in [-0.39, 0.29) is 5.69 Å². The Labute approximate surface area is 200 Å². The smallest absolute Gasteiger partial charge is 0.191 e. The van der Waals surface area contributed by atoms with E-state index in [4.69, 9.17) is 4.74 Å². The molecule has 0 saturated heterocycles. The predicted octanol–water partition coefficient (Wildman–Crippen LogP) is 9.40. The number of benzene rings is 1. The molecule has 1 aromatic carbocycles. The van der Waals surface area contributed by atoms with Crippen LogP contribution >= 0.6 is 12.2 Å². The lowest BCUT2D eigenvalue weighted by Gasteiger charge is -2.38. The number of aliphatic imine (C=N–C) groups is 1. The van der Waals surface area contributed by atoms with Gasteiger partial charge in [0.25, 0.3) is 0 Å². The summed E-state index contributed by atoms with van der Waals surface area (Å²) in [5.74, 6) is 3.06. The van der Waals surface area contributed by atoms with E-state index in [2.05, 4.69) is 29.3 Å². The lowest BCUT2D eigenvalue weighted by molar-refractivity contribution is 0.155. The highest BCUT2D eigenvalue weighted by molar-refractivity contribution is 7.78. The van der Waals surface area contributed by atoms with Gasteiger partial charge in [-0.25, -0.2) is 4.39 Å². The van der Waals surface area contributed by atoms with Crippen molar-refractivity contribution in [2.75, 3.05) is 7.11 Å². The second-order valence-corrected chi connectivity index (χ2v) is 10.4. The third-order valence-corrected chi connectivity index (χ3v) is 8.30. The van der Waals surface area contributed by atoms with Gasteiger partial charge in [0, 0.05) is 5.56 Å². The average molecular weight is 460 g/mol. The van der Waals surface area contributed by atoms with Gasteiger partial charge in [0.05, 0.1) is 12.3 Å². The second-order valence-electron chi connectivity index (χ2n) is 10.2. The van der Waals surface area contributed by atoms with Crippen LogP contribution in [0.5, 0.6) is 5.75 Å². The highest BCUT2D eigenvalue weighted by atomic mass is 32.1. The largest absolute Gasteiger partial charge is 0.493 e. The van der Waals surface area contributed by atoms with Gasteiger partial charge in [-0.05, 0) is 80.5 Å². The molecule has 0 aromatic heterocycles. The fraction of sp³-hybridized carbons (Fsp3) is 0.750. The number of methoxy groups -OCH3 is 1. The molecular weight excluding hydrogens is 417 g/mol. The van der Waals surface area contributed by atoms with Gasteiger partial charge < -0.3 is 4.74 Å². The fourth-order valence-corrected chi connectivity index (χ4v) is 6.39. The van der Waals surface area contributed by atoms with Crippen LogP contribution in [0.15, 0.2) is 17.1 Å². The van der Waals surface area contributed by atoms with E-state index in [1.54, 1.807) is 13.2 Å². The summed E-state index contributed by atoms with van der Waals surface area (Å²) in [5, 5.41) is 2.25. The summed E-state index contributed by atoms with van der Waals surface area (Å²) in [4.78, 5) is 3.83. The molecule has 0 amide bonds. The van der Waals surface area contributed by atoms with Crippen molar-refractivity contribution in [3.8, 4) is 5.75 Å². The third kappa shape index (κ3) is 6.87. The summed E-state index contributed by atoms with van der Waals surface area (Å²) < 4.78 is 20.2. The van der Waals surface area contributed by atoms with Crippen LogP contribution in [-0.4, -0.2) is 12.3 Å². The molecule has 32 heavy (non-hydrogen) atoms. The molecule has 0 radical (unpaired) electrons. The first-order chi connectivity index (χ1) is 15.7. The summed E-state index contributed by atoms with van der Waals surface area (Å²) in [5.41, 5.74) is 1.21. The lowest BCUT2D eigenvalue weighted by atomic mass is 9.68. The zero-order valence-corrected chi connectivity index (χ0v) is 21.0. The van der Waals surface area contributed by atoms with Gasteiger partial charge in [-0.3, -0.25) is 0 Å². The summed E-state index contributed by atoms with van der Waals surface area (Å²) in [7, 11) is 1.54. The van der Waals surface area contributed by atoms with E-state index in [9.17, 15) is 4.39 Å². The Morgan fingerprint density at radius 2 is 1.56 bits per heavy atom. The molecule has 0 spiro atoms. The van der Waals surface area contributed by atoms with Crippen molar-refractivity contribution in [2.24, 2.45) is 22.7 Å². The molecule has 0 N–H and O–H groups in total. The summed E-state index contributed by atoms with van der Waals surface area (Å²) >= 11 is 4.63. The van der Waals surface area contributed by atoms with Crippen molar-refractivity contribution in [2.45, 2.75) is 109 Å². The predicted molar refractivity (Wildman–Crippen MR) is 136 cm³/mol. The van der Waals surface area contributed by atoms with E-state index >= 15 is 0 Å². The van der Waals surface area contributed by atoms with Crippen LogP contribution in [0.1, 0.15) is 115 Å². The van der Waals surface area contributed by atoms with Crippen LogP contribution in [0, 0.1) is 23.6 Å². The number of ether oxygens (including phenoxy) is 1. The second kappa shape index (κ2) is 13.5. The zero-order chi connectivity index (χ0) is 22.8. The highest BCUT2D eigenvalue weighted by Crippen LogP contribution is 2.47. The number of isothiocyanates is 1. The maximum absolute atomic E-state index is 14.7. The minimum absolute atomic E-state index is 0.215. The summed E-state index contributed by atoms with van der Waals surface area (Å²) in [6.45, 7) is 2.29. The Kier molecular flexibility index (Phi) is 10.7. The van der Waals surface area contributed by atoms with Gasteiger partial charge >= 0.3 is 0 Å². The summed E-state index contributed by atoms with van der Waals surface area (Å²) in [6, 6.07) is 3.69. The molecule has 2 fully saturated rings. The molecule has 0 heterocycles. The Morgan fingerprint density at radius 1 is 0.938 bits per heavy atom. The Balaban J connectivity index is 1.43. The maximum Gasteiger partial charge on any atom is 0.191 e. The van der Waals surface area contributed by atoms with Crippen LogP contribution < -0.4 is 4.74 Å². The minimum atomic E-state index is -0.409. The molecule has 2 nitrogen and oxygen atoms in total. The highest BCUT2D eigenvalue weighted by Gasteiger charge is 2.32.